The van der Waals surface area contributed by atoms with Gasteiger partial charge >= 0.3 is 0 Å². The van der Waals surface area contributed by atoms with Gasteiger partial charge < -0.3 is 10.2 Å². The lowest BCUT2D eigenvalue weighted by atomic mass is 10.0. The van der Waals surface area contributed by atoms with Crippen LogP contribution in [0.15, 0.2) is 54.6 Å². The molecule has 0 saturated carbocycles. The first kappa shape index (κ1) is 18.6. The summed E-state index contributed by atoms with van der Waals surface area (Å²) in [5.74, 6) is -0.187. The summed E-state index contributed by atoms with van der Waals surface area (Å²) in [6.07, 6.45) is 4.18. The van der Waals surface area contributed by atoms with E-state index < -0.39 is 0 Å². The van der Waals surface area contributed by atoms with Gasteiger partial charge in [-0.25, -0.2) is 4.39 Å². The molecule has 0 unspecified atom stereocenters. The third-order valence-corrected chi connectivity index (χ3v) is 4.96. The van der Waals surface area contributed by atoms with E-state index in [0.29, 0.717) is 12.8 Å². The molecular weight excluding hydrogens is 327 g/mol. The molecule has 0 spiro atoms. The highest BCUT2D eigenvalue weighted by atomic mass is 19.1. The molecule has 0 radical (unpaired) electrons. The molecule has 1 fully saturated rings. The van der Waals surface area contributed by atoms with Crippen molar-refractivity contribution in [2.24, 2.45) is 0 Å². The summed E-state index contributed by atoms with van der Waals surface area (Å²) in [7, 11) is 0. The Morgan fingerprint density at radius 3 is 2.69 bits per heavy atom. The Labute approximate surface area is 155 Å². The minimum absolute atomic E-state index is 0.0594. The van der Waals surface area contributed by atoms with Crippen molar-refractivity contribution >= 4 is 5.91 Å². The van der Waals surface area contributed by atoms with Crippen molar-refractivity contribution in [3.8, 4) is 0 Å². The number of hydrogen-bond acceptors (Lipinski definition) is 2. The van der Waals surface area contributed by atoms with Gasteiger partial charge in [-0.1, -0.05) is 42.5 Å². The summed E-state index contributed by atoms with van der Waals surface area (Å²) in [5.41, 5.74) is 2.22. The average Bonchev–Trinajstić information content (AvgIpc) is 2.66. The fourth-order valence-corrected chi connectivity index (χ4v) is 3.56. The molecule has 3 nitrogen and oxygen atoms in total. The second kappa shape index (κ2) is 9.48. The molecule has 1 amide bonds. The lowest BCUT2D eigenvalue weighted by Crippen LogP contribution is -2.48. The van der Waals surface area contributed by atoms with Crippen LogP contribution in [0.25, 0.3) is 0 Å². The van der Waals surface area contributed by atoms with Gasteiger partial charge in [-0.2, -0.15) is 0 Å². The Morgan fingerprint density at radius 2 is 1.88 bits per heavy atom. The number of rotatable bonds is 7. The Kier molecular flexibility index (Phi) is 6.78. The van der Waals surface area contributed by atoms with Crippen LogP contribution in [0, 0.1) is 5.82 Å². The quantitative estimate of drug-likeness (QED) is 0.824. The Bertz CT molecular complexity index is 704. The maximum atomic E-state index is 13.2. The number of aryl methyl sites for hydroxylation is 1. The zero-order valence-corrected chi connectivity index (χ0v) is 15.2. The molecule has 1 atom stereocenters. The molecule has 0 aromatic heterocycles. The minimum Gasteiger partial charge on any atom is -0.352 e. The smallest absolute Gasteiger partial charge is 0.220 e. The van der Waals surface area contributed by atoms with Crippen molar-refractivity contribution in [3.63, 3.8) is 0 Å². The number of likely N-dealkylation sites (tertiary alicyclic amines) is 1. The first-order valence-electron chi connectivity index (χ1n) is 9.49. The van der Waals surface area contributed by atoms with E-state index in [4.69, 9.17) is 0 Å². The van der Waals surface area contributed by atoms with Gasteiger partial charge in [0.15, 0.2) is 0 Å². The van der Waals surface area contributed by atoms with Crippen LogP contribution in [0.1, 0.15) is 30.4 Å². The van der Waals surface area contributed by atoms with Gasteiger partial charge in [0.25, 0.3) is 0 Å². The van der Waals surface area contributed by atoms with Crippen molar-refractivity contribution in [3.05, 3.63) is 71.5 Å². The second-order valence-corrected chi connectivity index (χ2v) is 7.07. The van der Waals surface area contributed by atoms with Gasteiger partial charge in [-0.05, 0) is 55.5 Å². The highest BCUT2D eigenvalue weighted by Gasteiger charge is 2.21. The molecule has 1 aliphatic rings. The van der Waals surface area contributed by atoms with E-state index in [-0.39, 0.29) is 17.8 Å². The van der Waals surface area contributed by atoms with Crippen LogP contribution in [0.2, 0.25) is 0 Å². The van der Waals surface area contributed by atoms with E-state index in [1.807, 2.05) is 12.1 Å². The highest BCUT2D eigenvalue weighted by Crippen LogP contribution is 2.12. The normalized spacial score (nSPS) is 17.8. The molecule has 1 saturated heterocycles. The van der Waals surface area contributed by atoms with Gasteiger partial charge in [0.05, 0.1) is 0 Å². The fraction of sp³-hybridized carbons (Fsp3) is 0.409. The van der Waals surface area contributed by atoms with Crippen LogP contribution >= 0.6 is 0 Å². The van der Waals surface area contributed by atoms with E-state index >= 15 is 0 Å². The lowest BCUT2D eigenvalue weighted by molar-refractivity contribution is -0.122. The monoisotopic (exact) mass is 354 g/mol. The molecule has 3 rings (SSSR count). The average molecular weight is 354 g/mol. The molecule has 4 heteroatoms. The summed E-state index contributed by atoms with van der Waals surface area (Å²) >= 11 is 0. The van der Waals surface area contributed by atoms with Crippen LogP contribution in [0.3, 0.4) is 0 Å². The van der Waals surface area contributed by atoms with Crippen molar-refractivity contribution in [2.75, 3.05) is 19.6 Å². The van der Waals surface area contributed by atoms with E-state index in [2.05, 4.69) is 34.5 Å². The topological polar surface area (TPSA) is 32.3 Å². The van der Waals surface area contributed by atoms with Gasteiger partial charge in [-0.15, -0.1) is 0 Å². The van der Waals surface area contributed by atoms with Crippen molar-refractivity contribution in [1.29, 1.82) is 0 Å². The van der Waals surface area contributed by atoms with Crippen LogP contribution in [-0.2, 0) is 17.6 Å². The fourth-order valence-electron chi connectivity index (χ4n) is 3.56. The van der Waals surface area contributed by atoms with Gasteiger partial charge in [-0.3, -0.25) is 4.79 Å². The molecule has 2 aromatic carbocycles. The van der Waals surface area contributed by atoms with Crippen molar-refractivity contribution in [1.82, 2.24) is 10.2 Å². The van der Waals surface area contributed by atoms with Gasteiger partial charge in [0.1, 0.15) is 5.82 Å². The predicted molar refractivity (Wildman–Crippen MR) is 102 cm³/mol. The number of nitrogens with zero attached hydrogens (tertiary/aromatic N) is 1. The number of carbonyl (C=O) groups is 1. The first-order chi connectivity index (χ1) is 12.7. The van der Waals surface area contributed by atoms with Crippen LogP contribution < -0.4 is 5.32 Å². The number of carbonyl (C=O) groups excluding carboxylic acids is 1. The van der Waals surface area contributed by atoms with E-state index in [1.165, 1.54) is 17.7 Å². The minimum atomic E-state index is -0.246. The molecule has 26 heavy (non-hydrogen) atoms. The standard InChI is InChI=1S/C22H27FN2O/c23-20-9-4-8-19(16-20)11-12-22(26)24-21-10-5-14-25(17-21)15-13-18-6-2-1-3-7-18/h1-4,6-9,16,21H,5,10-15,17H2,(H,24,26)/t21-/m1/s1. The Balaban J connectivity index is 1.40. The molecule has 2 aromatic rings. The van der Waals surface area contributed by atoms with Crippen molar-refractivity contribution in [2.45, 2.75) is 38.1 Å². The molecular formula is C22H27FN2O. The van der Waals surface area contributed by atoms with Crippen molar-refractivity contribution < 1.29 is 9.18 Å². The SMILES string of the molecule is O=C(CCc1cccc(F)c1)N[C@@H]1CCCN(CCc2ccccc2)C1. The van der Waals surface area contributed by atoms with Crippen LogP contribution in [0.5, 0.6) is 0 Å². The second-order valence-electron chi connectivity index (χ2n) is 7.07. The molecule has 0 bridgehead atoms. The first-order valence-corrected chi connectivity index (χ1v) is 9.49. The summed E-state index contributed by atoms with van der Waals surface area (Å²) in [6, 6.07) is 17.2. The zero-order valence-electron chi connectivity index (χ0n) is 15.2. The van der Waals surface area contributed by atoms with Gasteiger partial charge in [0, 0.05) is 25.6 Å². The lowest BCUT2D eigenvalue weighted by Gasteiger charge is -2.33. The van der Waals surface area contributed by atoms with Gasteiger partial charge in [0.2, 0.25) is 5.91 Å². The molecule has 1 aliphatic heterocycles. The molecule has 1 N–H and O–H groups in total. The number of benzene rings is 2. The number of nitrogens with one attached hydrogen (secondary N) is 1. The summed E-state index contributed by atoms with van der Waals surface area (Å²) in [4.78, 5) is 14.7. The maximum absolute atomic E-state index is 13.2. The Hall–Kier alpha value is -2.20. The summed E-state index contributed by atoms with van der Waals surface area (Å²) < 4.78 is 13.2. The molecule has 138 valence electrons. The van der Waals surface area contributed by atoms with E-state index in [0.717, 1.165) is 44.5 Å². The molecule has 1 heterocycles. The largest absolute Gasteiger partial charge is 0.352 e. The number of hydrogen-bond donors (Lipinski definition) is 1. The van der Waals surface area contributed by atoms with Crippen LogP contribution in [-0.4, -0.2) is 36.5 Å². The maximum Gasteiger partial charge on any atom is 0.220 e. The van der Waals surface area contributed by atoms with E-state index in [9.17, 15) is 9.18 Å². The predicted octanol–water partition coefficient (Wildman–Crippen LogP) is 3.58. The van der Waals surface area contributed by atoms with E-state index in [1.54, 1.807) is 6.07 Å². The highest BCUT2D eigenvalue weighted by molar-refractivity contribution is 5.76. The number of piperidine rings is 1. The third kappa shape index (κ3) is 5.95. The van der Waals surface area contributed by atoms with Crippen LogP contribution in [0.4, 0.5) is 4.39 Å². The molecule has 0 aliphatic carbocycles. The summed E-state index contributed by atoms with van der Waals surface area (Å²) in [6.45, 7) is 3.04. The Morgan fingerprint density at radius 1 is 1.08 bits per heavy atom. The number of halogens is 1. The summed E-state index contributed by atoms with van der Waals surface area (Å²) in [5, 5.41) is 3.16. The third-order valence-electron chi connectivity index (χ3n) is 4.96. The number of amides is 1. The zero-order chi connectivity index (χ0) is 18.2.